The molecule has 0 bridgehead atoms. The van der Waals surface area contributed by atoms with Crippen LogP contribution in [0.15, 0.2) is 0 Å². The van der Waals surface area contributed by atoms with Gasteiger partial charge in [0.15, 0.2) is 14.9 Å². The fourth-order valence-electron chi connectivity index (χ4n) is 1.98. The van der Waals surface area contributed by atoms with Gasteiger partial charge in [-0.1, -0.05) is 0 Å². The molecule has 9 heteroatoms. The molecule has 0 unspecified atom stereocenters. The Morgan fingerprint density at radius 2 is 1.72 bits per heavy atom. The standard InChI is InChI=1S/C9H21N3O4S2/c1-17(13,14)9-18(15,16)12-5-2-4-11(6-3-10)7-8-12/h2-10H2,1H3. The lowest BCUT2D eigenvalue weighted by Gasteiger charge is -2.20. The molecule has 0 atom stereocenters. The van der Waals surface area contributed by atoms with E-state index in [1.807, 2.05) is 0 Å². The summed E-state index contributed by atoms with van der Waals surface area (Å²) in [5, 5.41) is -0.809. The molecule has 1 aliphatic rings. The highest BCUT2D eigenvalue weighted by Crippen LogP contribution is 2.10. The Bertz CT molecular complexity index is 460. The molecule has 1 saturated heterocycles. The van der Waals surface area contributed by atoms with Crippen LogP contribution in [0.1, 0.15) is 6.42 Å². The lowest BCUT2D eigenvalue weighted by molar-refractivity contribution is 0.294. The summed E-state index contributed by atoms with van der Waals surface area (Å²) in [6.07, 6.45) is 1.63. The van der Waals surface area contributed by atoms with E-state index in [-0.39, 0.29) is 0 Å². The Kier molecular flexibility index (Phi) is 5.53. The summed E-state index contributed by atoms with van der Waals surface area (Å²) in [6, 6.07) is 0. The summed E-state index contributed by atoms with van der Waals surface area (Å²) in [6.45, 7) is 3.37. The van der Waals surface area contributed by atoms with E-state index in [1.165, 1.54) is 4.31 Å². The lowest BCUT2D eigenvalue weighted by Crippen LogP contribution is -2.38. The first kappa shape index (κ1) is 15.8. The van der Waals surface area contributed by atoms with Gasteiger partial charge in [-0.15, -0.1) is 0 Å². The minimum absolute atomic E-state index is 0.331. The fraction of sp³-hybridized carbons (Fsp3) is 1.00. The second-order valence-electron chi connectivity index (χ2n) is 4.54. The summed E-state index contributed by atoms with van der Waals surface area (Å²) in [7, 11) is -7.25. The zero-order valence-electron chi connectivity index (χ0n) is 10.6. The molecule has 18 heavy (non-hydrogen) atoms. The minimum atomic E-state index is -3.72. The summed E-state index contributed by atoms with van der Waals surface area (Å²) in [4.78, 5) is 2.09. The van der Waals surface area contributed by atoms with Gasteiger partial charge in [0.1, 0.15) is 0 Å². The molecular weight excluding hydrogens is 278 g/mol. The van der Waals surface area contributed by atoms with E-state index in [0.29, 0.717) is 32.6 Å². The number of sulfonamides is 1. The van der Waals surface area contributed by atoms with Gasteiger partial charge in [0.05, 0.1) is 0 Å². The van der Waals surface area contributed by atoms with E-state index in [4.69, 9.17) is 5.73 Å². The number of nitrogens with two attached hydrogens (primary N) is 1. The van der Waals surface area contributed by atoms with Crippen molar-refractivity contribution in [3.05, 3.63) is 0 Å². The fourth-order valence-corrected chi connectivity index (χ4v) is 5.50. The van der Waals surface area contributed by atoms with Crippen LogP contribution in [0, 0.1) is 0 Å². The molecule has 0 amide bonds. The smallest absolute Gasteiger partial charge is 0.228 e. The van der Waals surface area contributed by atoms with Crippen LogP contribution in [0.4, 0.5) is 0 Å². The third-order valence-electron chi connectivity index (χ3n) is 2.75. The van der Waals surface area contributed by atoms with Crippen molar-refractivity contribution < 1.29 is 16.8 Å². The van der Waals surface area contributed by atoms with Crippen molar-refractivity contribution in [3.8, 4) is 0 Å². The van der Waals surface area contributed by atoms with E-state index in [1.54, 1.807) is 0 Å². The van der Waals surface area contributed by atoms with Crippen molar-refractivity contribution in [1.29, 1.82) is 0 Å². The van der Waals surface area contributed by atoms with Crippen molar-refractivity contribution in [2.45, 2.75) is 6.42 Å². The predicted molar refractivity (Wildman–Crippen MR) is 70.3 cm³/mol. The van der Waals surface area contributed by atoms with Crippen molar-refractivity contribution in [2.24, 2.45) is 5.73 Å². The number of sulfone groups is 1. The van der Waals surface area contributed by atoms with Crippen molar-refractivity contribution in [3.63, 3.8) is 0 Å². The molecule has 108 valence electrons. The number of rotatable bonds is 5. The average Bonchev–Trinajstić information content (AvgIpc) is 2.40. The molecule has 1 aliphatic heterocycles. The number of hydrogen-bond acceptors (Lipinski definition) is 6. The van der Waals surface area contributed by atoms with Crippen LogP contribution in [0.3, 0.4) is 0 Å². The van der Waals surface area contributed by atoms with Gasteiger partial charge in [-0.25, -0.2) is 16.8 Å². The molecule has 1 fully saturated rings. The van der Waals surface area contributed by atoms with Crippen molar-refractivity contribution in [2.75, 3.05) is 50.6 Å². The highest BCUT2D eigenvalue weighted by Gasteiger charge is 2.28. The topological polar surface area (TPSA) is 101 Å². The van der Waals surface area contributed by atoms with Gasteiger partial charge >= 0.3 is 0 Å². The van der Waals surface area contributed by atoms with Gasteiger partial charge in [0.2, 0.25) is 10.0 Å². The molecular formula is C9H21N3O4S2. The van der Waals surface area contributed by atoms with Gasteiger partial charge < -0.3 is 10.6 Å². The van der Waals surface area contributed by atoms with E-state index >= 15 is 0 Å². The minimum Gasteiger partial charge on any atom is -0.329 e. The number of nitrogens with zero attached hydrogens (tertiary/aromatic N) is 2. The zero-order chi connectivity index (χ0) is 13.8. The van der Waals surface area contributed by atoms with Gasteiger partial charge in [0.25, 0.3) is 0 Å². The Morgan fingerprint density at radius 3 is 2.28 bits per heavy atom. The van der Waals surface area contributed by atoms with Crippen LogP contribution in [-0.2, 0) is 19.9 Å². The normalized spacial score (nSPS) is 20.8. The molecule has 0 aromatic rings. The Balaban J connectivity index is 2.68. The highest BCUT2D eigenvalue weighted by atomic mass is 32.3. The highest BCUT2D eigenvalue weighted by molar-refractivity contribution is 8.06. The van der Waals surface area contributed by atoms with E-state index < -0.39 is 24.9 Å². The first-order valence-electron chi connectivity index (χ1n) is 5.82. The quantitative estimate of drug-likeness (QED) is 0.648. The summed E-state index contributed by atoms with van der Waals surface area (Å²) < 4.78 is 47.3. The molecule has 1 rings (SSSR count). The predicted octanol–water partition coefficient (Wildman–Crippen LogP) is -1.72. The molecule has 7 nitrogen and oxygen atoms in total. The summed E-state index contributed by atoms with van der Waals surface area (Å²) in [5.74, 6) is 0. The molecule has 0 saturated carbocycles. The van der Waals surface area contributed by atoms with Crippen molar-refractivity contribution in [1.82, 2.24) is 9.21 Å². The van der Waals surface area contributed by atoms with Gasteiger partial charge in [-0.2, -0.15) is 4.31 Å². The molecule has 0 spiro atoms. The second-order valence-corrected chi connectivity index (χ2v) is 9.01. The largest absolute Gasteiger partial charge is 0.329 e. The van der Waals surface area contributed by atoms with E-state index in [9.17, 15) is 16.8 Å². The molecule has 0 radical (unpaired) electrons. The van der Waals surface area contributed by atoms with Crippen LogP contribution >= 0.6 is 0 Å². The monoisotopic (exact) mass is 299 g/mol. The Hall–Kier alpha value is -0.220. The van der Waals surface area contributed by atoms with Crippen LogP contribution in [0.5, 0.6) is 0 Å². The lowest BCUT2D eigenvalue weighted by atomic mass is 10.4. The van der Waals surface area contributed by atoms with Crippen LogP contribution in [0.2, 0.25) is 0 Å². The average molecular weight is 299 g/mol. The number of hydrogen-bond donors (Lipinski definition) is 1. The van der Waals surface area contributed by atoms with Crippen LogP contribution in [-0.4, -0.2) is 76.6 Å². The maximum absolute atomic E-state index is 11.9. The molecule has 0 aromatic carbocycles. The zero-order valence-corrected chi connectivity index (χ0v) is 12.2. The summed E-state index contributed by atoms with van der Waals surface area (Å²) >= 11 is 0. The van der Waals surface area contributed by atoms with Gasteiger partial charge in [-0.05, 0) is 13.0 Å². The molecule has 0 aliphatic carbocycles. The SMILES string of the molecule is CS(=O)(=O)CS(=O)(=O)N1CCCN(CCN)CC1. The first-order chi connectivity index (χ1) is 8.24. The maximum atomic E-state index is 11.9. The van der Waals surface area contributed by atoms with Crippen LogP contribution < -0.4 is 5.73 Å². The summed E-state index contributed by atoms with van der Waals surface area (Å²) in [5.41, 5.74) is 5.46. The van der Waals surface area contributed by atoms with Crippen LogP contribution in [0.25, 0.3) is 0 Å². The Morgan fingerprint density at radius 1 is 1.06 bits per heavy atom. The van der Waals surface area contributed by atoms with E-state index in [2.05, 4.69) is 4.90 Å². The van der Waals surface area contributed by atoms with Crippen molar-refractivity contribution >= 4 is 19.9 Å². The molecule has 0 aromatic heterocycles. The Labute approximate surface area is 109 Å². The first-order valence-corrected chi connectivity index (χ1v) is 9.49. The van der Waals surface area contributed by atoms with Gasteiger partial charge in [0, 0.05) is 39.0 Å². The maximum Gasteiger partial charge on any atom is 0.228 e. The van der Waals surface area contributed by atoms with Gasteiger partial charge in [-0.3, -0.25) is 0 Å². The second kappa shape index (κ2) is 6.29. The third-order valence-corrected chi connectivity index (χ3v) is 6.81. The van der Waals surface area contributed by atoms with E-state index in [0.717, 1.165) is 19.3 Å². The third kappa shape index (κ3) is 5.19. The molecule has 2 N–H and O–H groups in total. The molecule has 1 heterocycles.